The van der Waals surface area contributed by atoms with Crippen LogP contribution in [-0.2, 0) is 25.6 Å². The Morgan fingerprint density at radius 3 is 2.59 bits per heavy atom. The van der Waals surface area contributed by atoms with Crippen molar-refractivity contribution in [3.8, 4) is 6.07 Å². The van der Waals surface area contributed by atoms with Gasteiger partial charge in [-0.05, 0) is 19.4 Å². The molecular weight excluding hydrogens is 374 g/mol. The molecule has 0 bridgehead atoms. The van der Waals surface area contributed by atoms with Crippen LogP contribution in [-0.4, -0.2) is 55.0 Å². The summed E-state index contributed by atoms with van der Waals surface area (Å²) in [6.45, 7) is 8.76. The largest absolute Gasteiger partial charge is 0.436 e. The van der Waals surface area contributed by atoms with Crippen molar-refractivity contribution in [1.29, 1.82) is 5.26 Å². The Morgan fingerprint density at radius 1 is 1.34 bits per heavy atom. The molecule has 1 saturated heterocycles. The van der Waals surface area contributed by atoms with Gasteiger partial charge >= 0.3 is 6.09 Å². The van der Waals surface area contributed by atoms with E-state index in [4.69, 9.17) is 14.2 Å². The first-order valence-corrected chi connectivity index (χ1v) is 9.42. The van der Waals surface area contributed by atoms with E-state index >= 15 is 0 Å². The van der Waals surface area contributed by atoms with Crippen LogP contribution in [0.5, 0.6) is 0 Å². The van der Waals surface area contributed by atoms with Crippen molar-refractivity contribution >= 4 is 12.0 Å². The molecule has 1 fully saturated rings. The molecule has 2 rings (SSSR count). The van der Waals surface area contributed by atoms with Crippen LogP contribution in [0.4, 0.5) is 4.79 Å². The van der Waals surface area contributed by atoms with Crippen molar-refractivity contribution in [2.45, 2.75) is 38.7 Å². The zero-order valence-corrected chi connectivity index (χ0v) is 16.8. The first-order chi connectivity index (χ1) is 13.8. The average molecular weight is 401 g/mol. The van der Waals surface area contributed by atoms with Crippen LogP contribution in [0.15, 0.2) is 42.5 Å². The molecule has 1 aromatic rings. The number of ether oxygens (including phenoxy) is 3. The minimum atomic E-state index is -1.58. The molecule has 8 nitrogen and oxygen atoms in total. The molecule has 1 heterocycles. The molecule has 2 unspecified atom stereocenters. The maximum absolute atomic E-state index is 12.8. The Balaban J connectivity index is 2.01. The Morgan fingerprint density at radius 2 is 2.00 bits per heavy atom. The molecule has 29 heavy (non-hydrogen) atoms. The fourth-order valence-corrected chi connectivity index (χ4v) is 2.66. The third kappa shape index (κ3) is 7.22. The number of hydrogen-bond acceptors (Lipinski definition) is 6. The average Bonchev–Trinajstić information content (AvgIpc) is 2.73. The maximum Gasteiger partial charge on any atom is 0.410 e. The smallest absolute Gasteiger partial charge is 0.410 e. The minimum absolute atomic E-state index is 0.141. The molecule has 1 aliphatic rings. The lowest BCUT2D eigenvalue weighted by atomic mass is 10.1. The van der Waals surface area contributed by atoms with Crippen molar-refractivity contribution in [1.82, 2.24) is 10.2 Å². The standard InChI is InChI=1S/C21H27N3O5/c1-16(2)13-18(29-20(26)24-9-11-27-12-10-24)19(25)23-21(3,15-22)28-14-17-7-5-4-6-8-17/h4-8,18H,1,9-14H2,2-3H3,(H,23,25). The third-order valence-electron chi connectivity index (χ3n) is 4.28. The second-order valence-electron chi connectivity index (χ2n) is 7.04. The molecule has 0 spiro atoms. The number of amides is 2. The highest BCUT2D eigenvalue weighted by molar-refractivity contribution is 5.84. The summed E-state index contributed by atoms with van der Waals surface area (Å²) in [7, 11) is 0. The Bertz CT molecular complexity index is 755. The van der Waals surface area contributed by atoms with Gasteiger partial charge in [-0.1, -0.05) is 42.5 Å². The molecule has 0 saturated carbocycles. The summed E-state index contributed by atoms with van der Waals surface area (Å²) in [5, 5.41) is 12.1. The summed E-state index contributed by atoms with van der Waals surface area (Å²) in [5.41, 5.74) is -0.0460. The van der Waals surface area contributed by atoms with E-state index in [0.29, 0.717) is 31.9 Å². The molecule has 1 N–H and O–H groups in total. The number of hydrogen-bond donors (Lipinski definition) is 1. The minimum Gasteiger partial charge on any atom is -0.436 e. The lowest BCUT2D eigenvalue weighted by Gasteiger charge is -2.30. The number of nitriles is 1. The second-order valence-corrected chi connectivity index (χ2v) is 7.04. The number of carbonyl (C=O) groups is 2. The van der Waals surface area contributed by atoms with Crippen LogP contribution in [0.2, 0.25) is 0 Å². The lowest BCUT2D eigenvalue weighted by molar-refractivity contribution is -0.138. The summed E-state index contributed by atoms with van der Waals surface area (Å²) in [6, 6.07) is 11.3. The van der Waals surface area contributed by atoms with Crippen LogP contribution >= 0.6 is 0 Å². The zero-order chi connectivity index (χ0) is 21.3. The van der Waals surface area contributed by atoms with Gasteiger partial charge in [-0.25, -0.2) is 4.79 Å². The number of nitrogens with one attached hydrogen (secondary N) is 1. The van der Waals surface area contributed by atoms with Gasteiger partial charge in [-0.3, -0.25) is 4.79 Å². The monoisotopic (exact) mass is 401 g/mol. The summed E-state index contributed by atoms with van der Waals surface area (Å²) >= 11 is 0. The van der Waals surface area contributed by atoms with E-state index in [-0.39, 0.29) is 13.0 Å². The van der Waals surface area contributed by atoms with Crippen LogP contribution in [0.25, 0.3) is 0 Å². The summed E-state index contributed by atoms with van der Waals surface area (Å²) in [5.74, 6) is -0.619. The highest BCUT2D eigenvalue weighted by Crippen LogP contribution is 2.14. The molecule has 156 valence electrons. The van der Waals surface area contributed by atoms with Crippen molar-refractivity contribution in [3.05, 3.63) is 48.0 Å². The molecule has 0 radical (unpaired) electrons. The Kier molecular flexibility index (Phi) is 8.19. The van der Waals surface area contributed by atoms with Gasteiger partial charge in [0.25, 0.3) is 5.91 Å². The normalized spacial score (nSPS) is 16.8. The lowest BCUT2D eigenvalue weighted by Crippen LogP contribution is -2.52. The van der Waals surface area contributed by atoms with E-state index < -0.39 is 23.8 Å². The van der Waals surface area contributed by atoms with Gasteiger partial charge in [-0.15, -0.1) is 0 Å². The van der Waals surface area contributed by atoms with E-state index in [9.17, 15) is 14.9 Å². The van der Waals surface area contributed by atoms with E-state index in [1.807, 2.05) is 36.4 Å². The van der Waals surface area contributed by atoms with Gasteiger partial charge in [0.1, 0.15) is 6.07 Å². The van der Waals surface area contributed by atoms with Gasteiger partial charge in [0, 0.05) is 19.5 Å². The van der Waals surface area contributed by atoms with Crippen LogP contribution in [0, 0.1) is 11.3 Å². The van der Waals surface area contributed by atoms with E-state index in [1.54, 1.807) is 6.92 Å². The number of rotatable bonds is 8. The summed E-state index contributed by atoms with van der Waals surface area (Å²) in [4.78, 5) is 26.6. The number of carbonyl (C=O) groups excluding carboxylic acids is 2. The Labute approximate surface area is 171 Å². The fraction of sp³-hybridized carbons (Fsp3) is 0.476. The fourth-order valence-electron chi connectivity index (χ4n) is 2.66. The molecule has 2 atom stereocenters. The molecule has 0 aromatic heterocycles. The summed E-state index contributed by atoms with van der Waals surface area (Å²) < 4.78 is 16.3. The van der Waals surface area contributed by atoms with Gasteiger partial charge < -0.3 is 24.4 Å². The quantitative estimate of drug-likeness (QED) is 0.530. The first-order valence-electron chi connectivity index (χ1n) is 9.42. The molecular formula is C21H27N3O5. The summed E-state index contributed by atoms with van der Waals surface area (Å²) in [6.07, 6.45) is -1.57. The SMILES string of the molecule is C=C(C)CC(OC(=O)N1CCOCC1)C(=O)NC(C)(C#N)OCc1ccccc1. The predicted octanol–water partition coefficient (Wildman–Crippen LogP) is 2.36. The van der Waals surface area contributed by atoms with Crippen LogP contribution in [0.1, 0.15) is 25.8 Å². The van der Waals surface area contributed by atoms with Crippen LogP contribution in [0.3, 0.4) is 0 Å². The maximum atomic E-state index is 12.8. The highest BCUT2D eigenvalue weighted by atomic mass is 16.6. The predicted molar refractivity (Wildman–Crippen MR) is 105 cm³/mol. The molecule has 2 amide bonds. The van der Waals surface area contributed by atoms with Gasteiger partial charge in [-0.2, -0.15) is 5.26 Å². The topological polar surface area (TPSA) is 101 Å². The second kappa shape index (κ2) is 10.6. The number of morpholine rings is 1. The van der Waals surface area contributed by atoms with Gasteiger partial charge in [0.15, 0.2) is 6.10 Å². The van der Waals surface area contributed by atoms with Crippen molar-refractivity contribution < 1.29 is 23.8 Å². The molecule has 1 aliphatic heterocycles. The highest BCUT2D eigenvalue weighted by Gasteiger charge is 2.33. The zero-order valence-electron chi connectivity index (χ0n) is 16.8. The first kappa shape index (κ1) is 22.4. The third-order valence-corrected chi connectivity index (χ3v) is 4.28. The number of nitrogens with zero attached hydrogens (tertiary/aromatic N) is 2. The molecule has 0 aliphatic carbocycles. The molecule has 1 aromatic carbocycles. The van der Waals surface area contributed by atoms with Crippen molar-refractivity contribution in [2.75, 3.05) is 26.3 Å². The molecule has 8 heteroatoms. The Hall–Kier alpha value is -2.89. The van der Waals surface area contributed by atoms with Gasteiger partial charge in [0.05, 0.1) is 19.8 Å². The van der Waals surface area contributed by atoms with E-state index in [0.717, 1.165) is 5.56 Å². The van der Waals surface area contributed by atoms with Crippen molar-refractivity contribution in [3.63, 3.8) is 0 Å². The van der Waals surface area contributed by atoms with E-state index in [2.05, 4.69) is 11.9 Å². The van der Waals surface area contributed by atoms with E-state index in [1.165, 1.54) is 11.8 Å². The van der Waals surface area contributed by atoms with Crippen LogP contribution < -0.4 is 5.32 Å². The number of benzene rings is 1. The van der Waals surface area contributed by atoms with Gasteiger partial charge in [0.2, 0.25) is 5.72 Å². The van der Waals surface area contributed by atoms with Crippen molar-refractivity contribution in [2.24, 2.45) is 0 Å².